The maximum absolute atomic E-state index is 2.57. The first-order valence-corrected chi connectivity index (χ1v) is 8.90. The van der Waals surface area contributed by atoms with Gasteiger partial charge in [-0.1, -0.05) is 87.5 Å². The van der Waals surface area contributed by atoms with Gasteiger partial charge in [0.1, 0.15) is 0 Å². The van der Waals surface area contributed by atoms with E-state index in [1.807, 2.05) is 0 Å². The highest BCUT2D eigenvalue weighted by Gasteiger charge is 2.29. The lowest BCUT2D eigenvalue weighted by Gasteiger charge is -2.37. The summed E-state index contributed by atoms with van der Waals surface area (Å²) >= 11 is 0. The van der Waals surface area contributed by atoms with E-state index in [0.717, 1.165) is 11.8 Å². The van der Waals surface area contributed by atoms with Crippen molar-refractivity contribution >= 4 is 0 Å². The van der Waals surface area contributed by atoms with Gasteiger partial charge in [0.2, 0.25) is 0 Å². The Morgan fingerprint density at radius 3 is 1.90 bits per heavy atom. The lowest BCUT2D eigenvalue weighted by atomic mass is 9.69. The molecule has 0 aromatic carbocycles. The van der Waals surface area contributed by atoms with Crippen molar-refractivity contribution < 1.29 is 0 Å². The highest BCUT2D eigenvalue weighted by Crippen LogP contribution is 2.39. The van der Waals surface area contributed by atoms with Gasteiger partial charge in [0.15, 0.2) is 0 Å². The van der Waals surface area contributed by atoms with Crippen LogP contribution in [0.2, 0.25) is 0 Å². The highest BCUT2D eigenvalue weighted by atomic mass is 14.3. The molecular formula is C20H41. The molecule has 2 atom stereocenters. The summed E-state index contributed by atoms with van der Waals surface area (Å²) in [5, 5.41) is 0. The second-order valence-electron chi connectivity index (χ2n) is 8.94. The monoisotopic (exact) mass is 281 g/mol. The first-order chi connectivity index (χ1) is 9.09. The van der Waals surface area contributed by atoms with E-state index in [2.05, 4.69) is 61.8 Å². The van der Waals surface area contributed by atoms with Gasteiger partial charge in [0.25, 0.3) is 0 Å². The zero-order chi connectivity index (χ0) is 15.8. The SMILES string of the molecule is CCCCCC[CH]CC(CC(C)C(C)(C)C)C(C)(C)C. The Bertz CT molecular complexity index is 225. The summed E-state index contributed by atoms with van der Waals surface area (Å²) < 4.78 is 0. The molecule has 0 N–H and O–H groups in total. The molecule has 0 aliphatic rings. The Balaban J connectivity index is 4.18. The van der Waals surface area contributed by atoms with Gasteiger partial charge in [0.05, 0.1) is 0 Å². The molecule has 0 saturated carbocycles. The van der Waals surface area contributed by atoms with Crippen LogP contribution in [0.3, 0.4) is 0 Å². The third-order valence-corrected chi connectivity index (χ3v) is 5.05. The Morgan fingerprint density at radius 1 is 0.850 bits per heavy atom. The minimum absolute atomic E-state index is 0.430. The molecule has 0 heterocycles. The minimum Gasteiger partial charge on any atom is -0.0654 e. The van der Waals surface area contributed by atoms with Crippen molar-refractivity contribution in [2.24, 2.45) is 22.7 Å². The van der Waals surface area contributed by atoms with E-state index in [-0.39, 0.29) is 0 Å². The van der Waals surface area contributed by atoms with Crippen LogP contribution in [-0.2, 0) is 0 Å². The molecule has 0 rings (SSSR count). The molecule has 0 nitrogen and oxygen atoms in total. The first kappa shape index (κ1) is 20.0. The summed E-state index contributed by atoms with van der Waals surface area (Å²) in [6.07, 6.45) is 12.1. The van der Waals surface area contributed by atoms with Crippen LogP contribution >= 0.6 is 0 Å². The number of hydrogen-bond donors (Lipinski definition) is 0. The van der Waals surface area contributed by atoms with Crippen LogP contribution in [0, 0.1) is 29.1 Å². The van der Waals surface area contributed by atoms with Gasteiger partial charge in [-0.3, -0.25) is 0 Å². The lowest BCUT2D eigenvalue weighted by molar-refractivity contribution is 0.142. The average Bonchev–Trinajstić information content (AvgIpc) is 2.29. The lowest BCUT2D eigenvalue weighted by Crippen LogP contribution is -2.27. The molecular weight excluding hydrogens is 240 g/mol. The predicted octanol–water partition coefficient (Wildman–Crippen LogP) is 7.29. The summed E-state index contributed by atoms with van der Waals surface area (Å²) in [5.41, 5.74) is 0.865. The van der Waals surface area contributed by atoms with Gasteiger partial charge in [-0.2, -0.15) is 0 Å². The van der Waals surface area contributed by atoms with Crippen molar-refractivity contribution in [3.05, 3.63) is 6.42 Å². The van der Waals surface area contributed by atoms with E-state index in [1.165, 1.54) is 44.9 Å². The molecule has 0 heteroatoms. The van der Waals surface area contributed by atoms with Crippen molar-refractivity contribution in [2.45, 2.75) is 100 Å². The number of rotatable bonds is 9. The maximum Gasteiger partial charge on any atom is -0.0354 e. The third-order valence-electron chi connectivity index (χ3n) is 5.05. The van der Waals surface area contributed by atoms with Crippen LogP contribution in [0.5, 0.6) is 0 Å². The topological polar surface area (TPSA) is 0 Å². The molecule has 0 fully saturated rings. The summed E-state index contributed by atoms with van der Waals surface area (Å²) in [5.74, 6) is 1.61. The predicted molar refractivity (Wildman–Crippen MR) is 93.9 cm³/mol. The van der Waals surface area contributed by atoms with E-state index in [0.29, 0.717) is 10.8 Å². The van der Waals surface area contributed by atoms with Crippen LogP contribution in [0.25, 0.3) is 0 Å². The molecule has 0 aliphatic carbocycles. The summed E-state index contributed by atoms with van der Waals surface area (Å²) in [6, 6.07) is 0. The van der Waals surface area contributed by atoms with E-state index in [4.69, 9.17) is 0 Å². The Hall–Kier alpha value is 0. The van der Waals surface area contributed by atoms with Crippen LogP contribution in [0.15, 0.2) is 0 Å². The second kappa shape index (κ2) is 9.11. The van der Waals surface area contributed by atoms with Crippen molar-refractivity contribution in [1.82, 2.24) is 0 Å². The molecule has 0 spiro atoms. The molecule has 0 saturated heterocycles. The van der Waals surface area contributed by atoms with E-state index in [9.17, 15) is 0 Å². The van der Waals surface area contributed by atoms with Crippen LogP contribution in [0.4, 0.5) is 0 Å². The molecule has 1 radical (unpaired) electrons. The Labute approximate surface area is 130 Å². The fraction of sp³-hybridized carbons (Fsp3) is 0.950. The first-order valence-electron chi connectivity index (χ1n) is 8.90. The fourth-order valence-corrected chi connectivity index (χ4v) is 2.62. The molecule has 0 aliphatic heterocycles. The zero-order valence-electron chi connectivity index (χ0n) is 15.7. The Kier molecular flexibility index (Phi) is 9.11. The van der Waals surface area contributed by atoms with E-state index < -0.39 is 0 Å². The average molecular weight is 282 g/mol. The van der Waals surface area contributed by atoms with Crippen molar-refractivity contribution in [3.63, 3.8) is 0 Å². The number of hydrogen-bond acceptors (Lipinski definition) is 0. The summed E-state index contributed by atoms with van der Waals surface area (Å²) in [4.78, 5) is 0. The van der Waals surface area contributed by atoms with E-state index >= 15 is 0 Å². The van der Waals surface area contributed by atoms with Crippen LogP contribution in [-0.4, -0.2) is 0 Å². The molecule has 0 aromatic heterocycles. The van der Waals surface area contributed by atoms with Gasteiger partial charge >= 0.3 is 0 Å². The molecule has 0 aromatic rings. The second-order valence-corrected chi connectivity index (χ2v) is 8.94. The largest absolute Gasteiger partial charge is 0.0654 e. The highest BCUT2D eigenvalue weighted by molar-refractivity contribution is 4.84. The van der Waals surface area contributed by atoms with Crippen molar-refractivity contribution in [2.75, 3.05) is 0 Å². The Morgan fingerprint density at radius 2 is 1.45 bits per heavy atom. The van der Waals surface area contributed by atoms with Gasteiger partial charge in [-0.05, 0) is 41.9 Å². The van der Waals surface area contributed by atoms with Crippen molar-refractivity contribution in [1.29, 1.82) is 0 Å². The summed E-state index contributed by atoms with van der Waals surface area (Å²) in [7, 11) is 0. The fourth-order valence-electron chi connectivity index (χ4n) is 2.62. The van der Waals surface area contributed by atoms with Gasteiger partial charge in [-0.15, -0.1) is 0 Å². The third kappa shape index (κ3) is 9.03. The quantitative estimate of drug-likeness (QED) is 0.389. The maximum atomic E-state index is 2.57. The van der Waals surface area contributed by atoms with Crippen molar-refractivity contribution in [3.8, 4) is 0 Å². The number of unbranched alkanes of at least 4 members (excludes halogenated alkanes) is 5. The minimum atomic E-state index is 0.430. The molecule has 2 unspecified atom stereocenters. The molecule has 121 valence electrons. The standard InChI is InChI=1S/C20H41/c1-9-10-11-12-13-14-15-18(20(6,7)8)16-17(2)19(3,4)5/h14,17-18H,9-13,15-16H2,1-8H3. The molecule has 0 bridgehead atoms. The van der Waals surface area contributed by atoms with Gasteiger partial charge < -0.3 is 0 Å². The van der Waals surface area contributed by atoms with Crippen LogP contribution in [0.1, 0.15) is 100 Å². The molecule has 20 heavy (non-hydrogen) atoms. The normalized spacial score (nSPS) is 16.2. The zero-order valence-corrected chi connectivity index (χ0v) is 15.7. The smallest absolute Gasteiger partial charge is 0.0354 e. The van der Waals surface area contributed by atoms with Gasteiger partial charge in [0, 0.05) is 0 Å². The summed E-state index contributed by atoms with van der Waals surface area (Å²) in [6.45, 7) is 19.1. The molecule has 0 amide bonds. The van der Waals surface area contributed by atoms with Crippen LogP contribution < -0.4 is 0 Å². The van der Waals surface area contributed by atoms with Gasteiger partial charge in [-0.25, -0.2) is 0 Å². The van der Waals surface area contributed by atoms with E-state index in [1.54, 1.807) is 0 Å².